The van der Waals surface area contributed by atoms with Crippen LogP contribution in [0.5, 0.6) is 0 Å². The van der Waals surface area contributed by atoms with Crippen molar-refractivity contribution in [2.24, 2.45) is 0 Å². The highest BCUT2D eigenvalue weighted by molar-refractivity contribution is 6.31. The van der Waals surface area contributed by atoms with Crippen molar-refractivity contribution < 1.29 is 19.0 Å². The number of methoxy groups -OCH3 is 1. The Bertz CT molecular complexity index is 487. The van der Waals surface area contributed by atoms with Gasteiger partial charge in [0.25, 0.3) is 0 Å². The average Bonchev–Trinajstić information content (AvgIpc) is 2.43. The van der Waals surface area contributed by atoms with Gasteiger partial charge in [-0.1, -0.05) is 30.9 Å². The lowest BCUT2D eigenvalue weighted by atomic mass is 9.69. The van der Waals surface area contributed by atoms with Crippen LogP contribution in [-0.2, 0) is 21.6 Å². The van der Waals surface area contributed by atoms with E-state index >= 15 is 0 Å². The van der Waals surface area contributed by atoms with Gasteiger partial charge in [-0.3, -0.25) is 4.79 Å². The van der Waals surface area contributed by atoms with E-state index in [-0.39, 0.29) is 17.2 Å². The molecule has 20 heavy (non-hydrogen) atoms. The number of ether oxygens (including phenoxy) is 1. The first kappa shape index (κ1) is 15.3. The molecule has 3 nitrogen and oxygen atoms in total. The number of rotatable bonds is 4. The number of aliphatic carboxylic acids is 1. The van der Waals surface area contributed by atoms with Crippen molar-refractivity contribution in [3.63, 3.8) is 0 Å². The third kappa shape index (κ3) is 2.67. The minimum absolute atomic E-state index is 0.0744. The van der Waals surface area contributed by atoms with E-state index in [9.17, 15) is 14.3 Å². The molecular weight excluding hydrogens is 283 g/mol. The van der Waals surface area contributed by atoms with E-state index < -0.39 is 17.2 Å². The molecule has 1 aromatic carbocycles. The SMILES string of the molecule is COCc1c(F)cc(C2(C(=O)O)CCCCC2)cc1Cl. The molecule has 1 aliphatic carbocycles. The van der Waals surface area contributed by atoms with Crippen molar-refractivity contribution in [3.8, 4) is 0 Å². The van der Waals surface area contributed by atoms with E-state index in [1.54, 1.807) is 6.07 Å². The molecule has 1 aromatic rings. The first-order valence-electron chi connectivity index (χ1n) is 6.72. The van der Waals surface area contributed by atoms with E-state index in [1.165, 1.54) is 13.2 Å². The van der Waals surface area contributed by atoms with Crippen LogP contribution in [0.25, 0.3) is 0 Å². The van der Waals surface area contributed by atoms with Crippen molar-refractivity contribution >= 4 is 17.6 Å². The Morgan fingerprint density at radius 2 is 2.05 bits per heavy atom. The molecule has 0 heterocycles. The second-order valence-corrected chi connectivity index (χ2v) is 5.71. The van der Waals surface area contributed by atoms with Crippen molar-refractivity contribution in [2.75, 3.05) is 7.11 Å². The van der Waals surface area contributed by atoms with Gasteiger partial charge in [0.15, 0.2) is 0 Å². The molecule has 1 saturated carbocycles. The highest BCUT2D eigenvalue weighted by Crippen LogP contribution is 2.41. The second kappa shape index (κ2) is 6.10. The Morgan fingerprint density at radius 1 is 1.40 bits per heavy atom. The average molecular weight is 301 g/mol. The topological polar surface area (TPSA) is 46.5 Å². The molecular formula is C15H18ClFO3. The highest BCUT2D eigenvalue weighted by Gasteiger charge is 2.41. The summed E-state index contributed by atoms with van der Waals surface area (Å²) in [4.78, 5) is 11.7. The summed E-state index contributed by atoms with van der Waals surface area (Å²) in [5.41, 5.74) is -0.268. The predicted octanol–water partition coefficient (Wildman–Crippen LogP) is 3.91. The van der Waals surface area contributed by atoms with Gasteiger partial charge in [-0.25, -0.2) is 4.39 Å². The van der Waals surface area contributed by atoms with E-state index in [0.29, 0.717) is 18.4 Å². The number of carbonyl (C=O) groups is 1. The van der Waals surface area contributed by atoms with Crippen LogP contribution < -0.4 is 0 Å². The summed E-state index contributed by atoms with van der Waals surface area (Å²) in [5.74, 6) is -1.40. The maximum Gasteiger partial charge on any atom is 0.314 e. The summed E-state index contributed by atoms with van der Waals surface area (Å²) in [6, 6.07) is 2.89. The summed E-state index contributed by atoms with van der Waals surface area (Å²) in [7, 11) is 1.46. The lowest BCUT2D eigenvalue weighted by Gasteiger charge is -2.34. The van der Waals surface area contributed by atoms with Gasteiger partial charge in [-0.05, 0) is 30.5 Å². The minimum atomic E-state index is -1.01. The quantitative estimate of drug-likeness (QED) is 0.917. The van der Waals surface area contributed by atoms with E-state index in [0.717, 1.165) is 19.3 Å². The summed E-state index contributed by atoms with van der Waals surface area (Å²) in [5, 5.41) is 9.84. The largest absolute Gasteiger partial charge is 0.481 e. The Labute approximate surface area is 122 Å². The minimum Gasteiger partial charge on any atom is -0.481 e. The zero-order chi connectivity index (χ0) is 14.8. The van der Waals surface area contributed by atoms with Crippen LogP contribution in [0.1, 0.15) is 43.2 Å². The first-order valence-corrected chi connectivity index (χ1v) is 7.10. The van der Waals surface area contributed by atoms with E-state index in [4.69, 9.17) is 16.3 Å². The van der Waals surface area contributed by atoms with Crippen LogP contribution >= 0.6 is 11.6 Å². The highest BCUT2D eigenvalue weighted by atomic mass is 35.5. The molecule has 0 spiro atoms. The lowest BCUT2D eigenvalue weighted by Crippen LogP contribution is -2.38. The van der Waals surface area contributed by atoms with Crippen molar-refractivity contribution in [1.29, 1.82) is 0 Å². The molecule has 1 fully saturated rings. The molecule has 0 bridgehead atoms. The van der Waals surface area contributed by atoms with Gasteiger partial charge in [0, 0.05) is 17.7 Å². The van der Waals surface area contributed by atoms with Crippen LogP contribution in [0, 0.1) is 5.82 Å². The fraction of sp³-hybridized carbons (Fsp3) is 0.533. The molecule has 0 aromatic heterocycles. The third-order valence-corrected chi connectivity index (χ3v) is 4.44. The van der Waals surface area contributed by atoms with Crippen molar-refractivity contribution in [2.45, 2.75) is 44.1 Å². The van der Waals surface area contributed by atoms with Gasteiger partial charge < -0.3 is 9.84 Å². The van der Waals surface area contributed by atoms with Gasteiger partial charge in [0.2, 0.25) is 0 Å². The van der Waals surface area contributed by atoms with Gasteiger partial charge in [0.1, 0.15) is 5.82 Å². The Hall–Kier alpha value is -1.13. The molecule has 0 amide bonds. The predicted molar refractivity (Wildman–Crippen MR) is 74.5 cm³/mol. The van der Waals surface area contributed by atoms with Crippen LogP contribution in [0.2, 0.25) is 5.02 Å². The van der Waals surface area contributed by atoms with Gasteiger partial charge >= 0.3 is 5.97 Å². The summed E-state index contributed by atoms with van der Waals surface area (Å²) in [6.45, 7) is 0.0744. The molecule has 110 valence electrons. The standard InChI is InChI=1S/C15H18ClFO3/c1-20-9-11-12(16)7-10(8-13(11)17)15(14(18)19)5-3-2-4-6-15/h7-8H,2-6,9H2,1H3,(H,18,19). The molecule has 0 unspecified atom stereocenters. The molecule has 0 atom stereocenters. The molecule has 2 rings (SSSR count). The smallest absolute Gasteiger partial charge is 0.314 e. The molecule has 0 saturated heterocycles. The summed E-state index contributed by atoms with van der Waals surface area (Å²) < 4.78 is 19.0. The maximum atomic E-state index is 14.1. The van der Waals surface area contributed by atoms with Crippen LogP contribution in [-0.4, -0.2) is 18.2 Å². The Kier molecular flexibility index (Phi) is 4.66. The van der Waals surface area contributed by atoms with Gasteiger partial charge in [0.05, 0.1) is 12.0 Å². The van der Waals surface area contributed by atoms with Crippen LogP contribution in [0.4, 0.5) is 4.39 Å². The molecule has 1 N–H and O–H groups in total. The number of hydrogen-bond donors (Lipinski definition) is 1. The molecule has 0 aliphatic heterocycles. The number of carboxylic acid groups (broad SMARTS) is 1. The Morgan fingerprint density at radius 3 is 2.55 bits per heavy atom. The van der Waals surface area contributed by atoms with E-state index in [1.807, 2.05) is 0 Å². The fourth-order valence-electron chi connectivity index (χ4n) is 2.94. The molecule has 5 heteroatoms. The third-order valence-electron chi connectivity index (χ3n) is 4.10. The lowest BCUT2D eigenvalue weighted by molar-refractivity contribution is -0.145. The Balaban J connectivity index is 2.47. The first-order chi connectivity index (χ1) is 9.51. The number of halogens is 2. The number of benzene rings is 1. The van der Waals surface area contributed by atoms with Crippen LogP contribution in [0.15, 0.2) is 12.1 Å². The van der Waals surface area contributed by atoms with Crippen molar-refractivity contribution in [3.05, 3.63) is 34.1 Å². The fourth-order valence-corrected chi connectivity index (χ4v) is 3.21. The summed E-state index contributed by atoms with van der Waals surface area (Å²) >= 11 is 6.09. The molecule has 0 radical (unpaired) electrons. The monoisotopic (exact) mass is 300 g/mol. The second-order valence-electron chi connectivity index (χ2n) is 5.30. The zero-order valence-corrected chi connectivity index (χ0v) is 12.2. The van der Waals surface area contributed by atoms with Crippen molar-refractivity contribution in [1.82, 2.24) is 0 Å². The normalized spacial score (nSPS) is 17.9. The van der Waals surface area contributed by atoms with Gasteiger partial charge in [-0.15, -0.1) is 0 Å². The van der Waals surface area contributed by atoms with Gasteiger partial charge in [-0.2, -0.15) is 0 Å². The number of carboxylic acids is 1. The van der Waals surface area contributed by atoms with Crippen LogP contribution in [0.3, 0.4) is 0 Å². The maximum absolute atomic E-state index is 14.1. The molecule has 1 aliphatic rings. The van der Waals surface area contributed by atoms with E-state index in [2.05, 4.69) is 0 Å². The number of hydrogen-bond acceptors (Lipinski definition) is 2. The summed E-state index contributed by atoms with van der Waals surface area (Å²) in [6.07, 6.45) is 3.76. The zero-order valence-electron chi connectivity index (χ0n) is 11.4.